The molecule has 0 saturated carbocycles. The Balaban J connectivity index is 1.58. The number of nitrogens with one attached hydrogen (secondary N) is 4. The minimum Gasteiger partial charge on any atom is -0.481 e. The van der Waals surface area contributed by atoms with Gasteiger partial charge in [0.2, 0.25) is 29.5 Å². The number of aromatic nitrogens is 1. The Morgan fingerprint density at radius 2 is 1.64 bits per heavy atom. The van der Waals surface area contributed by atoms with Gasteiger partial charge < -0.3 is 36.7 Å². The van der Waals surface area contributed by atoms with E-state index in [1.165, 1.54) is 4.90 Å². The highest BCUT2D eigenvalue weighted by molar-refractivity contribution is 6.27. The van der Waals surface area contributed by atoms with Gasteiger partial charge in [0.1, 0.15) is 30.0 Å². The van der Waals surface area contributed by atoms with E-state index in [0.29, 0.717) is 12.8 Å². The Hall–Kier alpha value is -4.91. The van der Waals surface area contributed by atoms with Crippen LogP contribution in [0.4, 0.5) is 0 Å². The maximum Gasteiger partial charge on any atom is 0.303 e. The SMILES string of the molecule is NC(=O)C(Cc1ccccc1)NC(=O)C(Cc1c[nH]c2ccccc12)NC(=O)[C@@H]1CCCCN1C(=O)C(CCC(=O)O)NC(=O)CCl. The van der Waals surface area contributed by atoms with Crippen molar-refractivity contribution in [2.24, 2.45) is 5.73 Å². The number of carbonyl (C=O) groups is 6. The third-order valence-corrected chi connectivity index (χ3v) is 8.41. The first kappa shape index (κ1) is 35.0. The Morgan fingerprint density at radius 1 is 0.915 bits per heavy atom. The van der Waals surface area contributed by atoms with Crippen LogP contribution in [0.3, 0.4) is 0 Å². The van der Waals surface area contributed by atoms with Gasteiger partial charge in [0, 0.05) is 42.9 Å². The zero-order valence-electron chi connectivity index (χ0n) is 25.7. The van der Waals surface area contributed by atoms with Gasteiger partial charge in [-0.25, -0.2) is 0 Å². The highest BCUT2D eigenvalue weighted by atomic mass is 35.5. The van der Waals surface area contributed by atoms with Crippen molar-refractivity contribution in [2.45, 2.75) is 69.1 Å². The molecule has 1 aliphatic heterocycles. The first-order chi connectivity index (χ1) is 22.6. The smallest absolute Gasteiger partial charge is 0.303 e. The van der Waals surface area contributed by atoms with E-state index in [9.17, 15) is 33.9 Å². The monoisotopic (exact) mass is 666 g/mol. The van der Waals surface area contributed by atoms with Crippen LogP contribution in [0.2, 0.25) is 0 Å². The normalized spacial score (nSPS) is 16.4. The van der Waals surface area contributed by atoms with Gasteiger partial charge in [0.25, 0.3) is 0 Å². The van der Waals surface area contributed by atoms with Gasteiger partial charge >= 0.3 is 5.97 Å². The van der Waals surface area contributed by atoms with E-state index in [-0.39, 0.29) is 38.6 Å². The van der Waals surface area contributed by atoms with Crippen LogP contribution in [0.15, 0.2) is 60.8 Å². The van der Waals surface area contributed by atoms with Crippen molar-refractivity contribution in [3.05, 3.63) is 71.9 Å². The van der Waals surface area contributed by atoms with E-state index < -0.39 is 65.6 Å². The predicted octanol–water partition coefficient (Wildman–Crippen LogP) is 1.38. The summed E-state index contributed by atoms with van der Waals surface area (Å²) in [4.78, 5) is 81.6. The molecule has 5 amide bonds. The van der Waals surface area contributed by atoms with Crippen LogP contribution in [0.1, 0.15) is 43.2 Å². The van der Waals surface area contributed by atoms with E-state index in [0.717, 1.165) is 22.0 Å². The third-order valence-electron chi connectivity index (χ3n) is 8.16. The number of primary amides is 1. The molecular formula is C33H39ClN6O7. The molecule has 2 heterocycles. The summed E-state index contributed by atoms with van der Waals surface area (Å²) in [5.41, 5.74) is 8.03. The summed E-state index contributed by atoms with van der Waals surface area (Å²) in [6.45, 7) is 0.192. The minimum absolute atomic E-state index is 0.0616. The van der Waals surface area contributed by atoms with Gasteiger partial charge in [-0.1, -0.05) is 48.5 Å². The number of benzene rings is 2. The first-order valence-corrected chi connectivity index (χ1v) is 16.0. The summed E-state index contributed by atoms with van der Waals surface area (Å²) in [6, 6.07) is 12.1. The van der Waals surface area contributed by atoms with Crippen molar-refractivity contribution >= 4 is 58.0 Å². The number of carboxylic acids is 1. The van der Waals surface area contributed by atoms with Crippen molar-refractivity contribution in [1.82, 2.24) is 25.8 Å². The summed E-state index contributed by atoms with van der Waals surface area (Å²) < 4.78 is 0. The molecule has 1 aromatic heterocycles. The molecule has 1 saturated heterocycles. The maximum absolute atomic E-state index is 13.9. The van der Waals surface area contributed by atoms with Crippen LogP contribution < -0.4 is 21.7 Å². The van der Waals surface area contributed by atoms with Crippen LogP contribution in [-0.4, -0.2) is 87.1 Å². The van der Waals surface area contributed by atoms with E-state index in [2.05, 4.69) is 20.9 Å². The number of nitrogens with two attached hydrogens (primary N) is 1. The predicted molar refractivity (Wildman–Crippen MR) is 174 cm³/mol. The lowest BCUT2D eigenvalue weighted by Crippen LogP contribution is -2.60. The standard InChI is InChI=1S/C33H39ClN6O7/c34-18-28(41)37-24(13-14-29(42)43)33(47)40-15-7-6-12-27(40)32(46)39-26(17-21-19-36-23-11-5-4-10-22(21)23)31(45)38-25(30(35)44)16-20-8-2-1-3-9-20/h1-5,8-11,19,24-27,36H,6-7,12-18H2,(H2,35,44)(H,37,41)(H,38,45)(H,39,46)(H,42,43)/t24?,25?,26?,27-/m0/s1. The molecule has 0 radical (unpaired) electrons. The lowest BCUT2D eigenvalue weighted by Gasteiger charge is -2.37. The molecule has 3 aromatic rings. The van der Waals surface area contributed by atoms with E-state index in [1.54, 1.807) is 30.5 Å². The van der Waals surface area contributed by atoms with Gasteiger partial charge in [0.05, 0.1) is 0 Å². The number of rotatable bonds is 15. The molecule has 2 aromatic carbocycles. The number of para-hydroxylation sites is 1. The maximum atomic E-state index is 13.9. The number of fused-ring (bicyclic) bond motifs is 1. The molecule has 1 aliphatic rings. The van der Waals surface area contributed by atoms with Crippen LogP contribution >= 0.6 is 11.6 Å². The minimum atomic E-state index is -1.20. The van der Waals surface area contributed by atoms with Crippen molar-refractivity contribution in [1.29, 1.82) is 0 Å². The molecule has 0 bridgehead atoms. The number of alkyl halides is 1. The van der Waals surface area contributed by atoms with Gasteiger partial charge in [0.15, 0.2) is 0 Å². The molecule has 13 nitrogen and oxygen atoms in total. The molecule has 14 heteroatoms. The van der Waals surface area contributed by atoms with E-state index in [1.807, 2.05) is 30.3 Å². The summed E-state index contributed by atoms with van der Waals surface area (Å²) in [5.74, 6) is -4.81. The largest absolute Gasteiger partial charge is 0.481 e. The number of halogens is 1. The average Bonchev–Trinajstić information content (AvgIpc) is 3.48. The fraction of sp³-hybridized carbons (Fsp3) is 0.394. The highest BCUT2D eigenvalue weighted by Crippen LogP contribution is 2.22. The second-order valence-electron chi connectivity index (χ2n) is 11.5. The molecule has 4 atom stereocenters. The number of H-pyrrole nitrogens is 1. The number of hydrogen-bond acceptors (Lipinski definition) is 6. The molecule has 250 valence electrons. The Kier molecular flexibility index (Phi) is 12.3. The number of hydrogen-bond donors (Lipinski definition) is 6. The van der Waals surface area contributed by atoms with Crippen LogP contribution in [0, 0.1) is 0 Å². The van der Waals surface area contributed by atoms with Crippen molar-refractivity contribution in [2.75, 3.05) is 12.4 Å². The molecule has 0 spiro atoms. The Morgan fingerprint density at radius 3 is 2.34 bits per heavy atom. The highest BCUT2D eigenvalue weighted by Gasteiger charge is 2.38. The van der Waals surface area contributed by atoms with Crippen LogP contribution in [0.5, 0.6) is 0 Å². The zero-order valence-corrected chi connectivity index (χ0v) is 26.5. The number of aliphatic carboxylic acids is 1. The molecule has 47 heavy (non-hydrogen) atoms. The van der Waals surface area contributed by atoms with Gasteiger partial charge in [-0.05, 0) is 42.9 Å². The molecular weight excluding hydrogens is 628 g/mol. The summed E-state index contributed by atoms with van der Waals surface area (Å²) >= 11 is 5.62. The Bertz CT molecular complexity index is 1600. The van der Waals surface area contributed by atoms with Crippen molar-refractivity contribution in [3.8, 4) is 0 Å². The van der Waals surface area contributed by atoms with Crippen molar-refractivity contribution in [3.63, 3.8) is 0 Å². The fourth-order valence-electron chi connectivity index (χ4n) is 5.77. The van der Waals surface area contributed by atoms with Crippen LogP contribution in [-0.2, 0) is 41.6 Å². The number of likely N-dealkylation sites (tertiary alicyclic amines) is 1. The fourth-order valence-corrected chi connectivity index (χ4v) is 5.85. The molecule has 7 N–H and O–H groups in total. The van der Waals surface area contributed by atoms with E-state index >= 15 is 0 Å². The number of aromatic amines is 1. The third kappa shape index (κ3) is 9.55. The van der Waals surface area contributed by atoms with Gasteiger partial charge in [-0.3, -0.25) is 28.8 Å². The quantitative estimate of drug-likeness (QED) is 0.131. The number of nitrogens with zero attached hydrogens (tertiary/aromatic N) is 1. The molecule has 0 aliphatic carbocycles. The summed E-state index contributed by atoms with van der Waals surface area (Å²) in [5, 5.41) is 18.0. The topological polar surface area (TPSA) is 204 Å². The summed E-state index contributed by atoms with van der Waals surface area (Å²) in [7, 11) is 0. The number of carboxylic acid groups (broad SMARTS) is 1. The number of carbonyl (C=O) groups excluding carboxylic acids is 5. The van der Waals surface area contributed by atoms with E-state index in [4.69, 9.17) is 17.3 Å². The van der Waals surface area contributed by atoms with Gasteiger partial charge in [-0.15, -0.1) is 11.6 Å². The lowest BCUT2D eigenvalue weighted by atomic mass is 9.97. The number of amides is 5. The molecule has 3 unspecified atom stereocenters. The molecule has 1 fully saturated rings. The second kappa shape index (κ2) is 16.6. The second-order valence-corrected chi connectivity index (χ2v) is 11.8. The molecule has 4 rings (SSSR count). The first-order valence-electron chi connectivity index (χ1n) is 15.4. The zero-order chi connectivity index (χ0) is 33.9. The van der Waals surface area contributed by atoms with Gasteiger partial charge in [-0.2, -0.15) is 0 Å². The number of piperidine rings is 1. The summed E-state index contributed by atoms with van der Waals surface area (Å²) in [6.07, 6.45) is 2.86. The van der Waals surface area contributed by atoms with Crippen molar-refractivity contribution < 1.29 is 33.9 Å². The Labute approximate surface area is 276 Å². The average molecular weight is 667 g/mol. The lowest BCUT2D eigenvalue weighted by molar-refractivity contribution is -0.146. The van der Waals surface area contributed by atoms with Crippen LogP contribution in [0.25, 0.3) is 10.9 Å².